The van der Waals surface area contributed by atoms with Crippen LogP contribution in [0.3, 0.4) is 0 Å². The molecule has 1 aliphatic heterocycles. The Bertz CT molecular complexity index is 472. The highest BCUT2D eigenvalue weighted by atomic mass is 16.2. The minimum Gasteiger partial charge on any atom is -0.381 e. The quantitative estimate of drug-likeness (QED) is 0.773. The van der Waals surface area contributed by atoms with Crippen LogP contribution < -0.4 is 16.4 Å². The van der Waals surface area contributed by atoms with Crippen LogP contribution in [0.25, 0.3) is 0 Å². The molecule has 102 valence electrons. The van der Waals surface area contributed by atoms with Crippen LogP contribution in [-0.4, -0.2) is 36.1 Å². The van der Waals surface area contributed by atoms with Crippen LogP contribution in [0, 0.1) is 0 Å². The van der Waals surface area contributed by atoms with Gasteiger partial charge in [0.2, 0.25) is 0 Å². The highest BCUT2D eigenvalue weighted by Gasteiger charge is 2.34. The maximum Gasteiger partial charge on any atom is 0.316 e. The highest BCUT2D eigenvalue weighted by molar-refractivity contribution is 5.88. The minimum absolute atomic E-state index is 0.504. The summed E-state index contributed by atoms with van der Waals surface area (Å²) in [6.07, 6.45) is 3.92. The van der Waals surface area contributed by atoms with Crippen LogP contribution in [-0.2, 0) is 0 Å². The number of likely N-dealkylation sites (tertiary alicyclic amines) is 1. The number of hydrogen-bond acceptors (Lipinski definition) is 3. The number of benzene rings is 1. The Kier molecular flexibility index (Phi) is 3.29. The molecule has 1 aromatic rings. The van der Waals surface area contributed by atoms with Gasteiger partial charge in [-0.1, -0.05) is 6.07 Å². The van der Waals surface area contributed by atoms with E-state index < -0.39 is 6.03 Å². The van der Waals surface area contributed by atoms with Gasteiger partial charge in [-0.2, -0.15) is 0 Å². The fraction of sp³-hybridized carbons (Fsp3) is 0.500. The molecule has 4 N–H and O–H groups in total. The summed E-state index contributed by atoms with van der Waals surface area (Å²) in [5.41, 5.74) is 6.89. The molecule has 5 nitrogen and oxygen atoms in total. The van der Waals surface area contributed by atoms with Gasteiger partial charge in [0, 0.05) is 36.5 Å². The number of rotatable bonds is 4. The predicted molar refractivity (Wildman–Crippen MR) is 76.3 cm³/mol. The lowest BCUT2D eigenvalue weighted by atomic mass is 10.2. The van der Waals surface area contributed by atoms with E-state index in [1.807, 2.05) is 24.3 Å². The van der Waals surface area contributed by atoms with Crippen molar-refractivity contribution in [2.45, 2.75) is 31.3 Å². The number of primary amides is 1. The molecule has 2 aliphatic rings. The Hall–Kier alpha value is -1.75. The summed E-state index contributed by atoms with van der Waals surface area (Å²) in [6.45, 7) is 2.32. The molecule has 1 atom stereocenters. The van der Waals surface area contributed by atoms with Gasteiger partial charge in [-0.15, -0.1) is 0 Å². The Balaban J connectivity index is 1.58. The summed E-state index contributed by atoms with van der Waals surface area (Å²) in [5, 5.41) is 6.13. The van der Waals surface area contributed by atoms with Crippen molar-refractivity contribution in [2.75, 3.05) is 23.7 Å². The van der Waals surface area contributed by atoms with Crippen molar-refractivity contribution < 1.29 is 4.79 Å². The molecule has 0 aromatic heterocycles. The average molecular weight is 260 g/mol. The zero-order valence-electron chi connectivity index (χ0n) is 10.9. The van der Waals surface area contributed by atoms with Crippen LogP contribution in [0.2, 0.25) is 0 Å². The van der Waals surface area contributed by atoms with E-state index in [0.717, 1.165) is 24.0 Å². The Morgan fingerprint density at radius 2 is 2.05 bits per heavy atom. The van der Waals surface area contributed by atoms with Gasteiger partial charge in [0.15, 0.2) is 0 Å². The van der Waals surface area contributed by atoms with Crippen molar-refractivity contribution in [3.05, 3.63) is 24.3 Å². The third-order valence-corrected chi connectivity index (χ3v) is 3.78. The SMILES string of the molecule is NC(=O)Nc1cccc(NC2CCN(C3CC3)C2)c1. The number of carbonyl (C=O) groups is 1. The molecule has 1 heterocycles. The number of urea groups is 1. The molecule has 1 unspecified atom stereocenters. The standard InChI is InChI=1S/C14H20N4O/c15-14(19)17-11-3-1-2-10(8-11)16-12-6-7-18(9-12)13-4-5-13/h1-3,8,12-13,16H,4-7,9H2,(H3,15,17,19). The summed E-state index contributed by atoms with van der Waals surface area (Å²) >= 11 is 0. The minimum atomic E-state index is -0.530. The summed E-state index contributed by atoms with van der Waals surface area (Å²) in [7, 11) is 0. The Morgan fingerprint density at radius 3 is 2.79 bits per heavy atom. The molecule has 5 heteroatoms. The molecule has 0 radical (unpaired) electrons. The third-order valence-electron chi connectivity index (χ3n) is 3.78. The van der Waals surface area contributed by atoms with Gasteiger partial charge in [0.05, 0.1) is 0 Å². The molecular formula is C14H20N4O. The molecule has 0 bridgehead atoms. The van der Waals surface area contributed by atoms with Crippen molar-refractivity contribution in [2.24, 2.45) is 5.73 Å². The predicted octanol–water partition coefficient (Wildman–Crippen LogP) is 1.83. The van der Waals surface area contributed by atoms with E-state index in [0.29, 0.717) is 6.04 Å². The molecule has 19 heavy (non-hydrogen) atoms. The fourth-order valence-electron chi connectivity index (χ4n) is 2.74. The van der Waals surface area contributed by atoms with Crippen molar-refractivity contribution >= 4 is 17.4 Å². The summed E-state index contributed by atoms with van der Waals surface area (Å²) in [4.78, 5) is 13.4. The number of nitrogens with two attached hydrogens (primary N) is 1. The number of nitrogens with zero attached hydrogens (tertiary/aromatic N) is 1. The molecule has 0 spiro atoms. The van der Waals surface area contributed by atoms with Gasteiger partial charge in [-0.3, -0.25) is 4.90 Å². The number of amides is 2. The van der Waals surface area contributed by atoms with Crippen LogP contribution in [0.4, 0.5) is 16.2 Å². The van der Waals surface area contributed by atoms with E-state index in [1.165, 1.54) is 25.8 Å². The number of carbonyl (C=O) groups excluding carboxylic acids is 1. The van der Waals surface area contributed by atoms with Gasteiger partial charge in [-0.25, -0.2) is 4.79 Å². The normalized spacial score (nSPS) is 23.3. The molecule has 2 fully saturated rings. The molecule has 3 rings (SSSR count). The maximum atomic E-state index is 10.8. The van der Waals surface area contributed by atoms with E-state index in [4.69, 9.17) is 5.73 Å². The van der Waals surface area contributed by atoms with Gasteiger partial charge < -0.3 is 16.4 Å². The van der Waals surface area contributed by atoms with Gasteiger partial charge >= 0.3 is 6.03 Å². The van der Waals surface area contributed by atoms with E-state index in [2.05, 4.69) is 15.5 Å². The second-order valence-electron chi connectivity index (χ2n) is 5.43. The molecule has 1 aromatic carbocycles. The Labute approximate surface area is 113 Å². The van der Waals surface area contributed by atoms with Crippen LogP contribution in [0.15, 0.2) is 24.3 Å². The van der Waals surface area contributed by atoms with Gasteiger partial charge in [-0.05, 0) is 37.5 Å². The van der Waals surface area contributed by atoms with Crippen LogP contribution in [0.1, 0.15) is 19.3 Å². The number of anilines is 2. The molecular weight excluding hydrogens is 240 g/mol. The van der Waals surface area contributed by atoms with Crippen LogP contribution in [0.5, 0.6) is 0 Å². The lowest BCUT2D eigenvalue weighted by Gasteiger charge is -2.17. The average Bonchev–Trinajstić information content (AvgIpc) is 3.10. The summed E-state index contributed by atoms with van der Waals surface area (Å²) in [5.74, 6) is 0. The van der Waals surface area contributed by atoms with E-state index in [9.17, 15) is 4.79 Å². The maximum absolute atomic E-state index is 10.8. The largest absolute Gasteiger partial charge is 0.381 e. The van der Waals surface area contributed by atoms with E-state index in [-0.39, 0.29) is 0 Å². The highest BCUT2D eigenvalue weighted by Crippen LogP contribution is 2.30. The van der Waals surface area contributed by atoms with Crippen molar-refractivity contribution in [3.63, 3.8) is 0 Å². The third kappa shape index (κ3) is 3.17. The first kappa shape index (κ1) is 12.3. The molecule has 1 aliphatic carbocycles. The fourth-order valence-corrected chi connectivity index (χ4v) is 2.74. The first-order valence-corrected chi connectivity index (χ1v) is 6.88. The van der Waals surface area contributed by atoms with Crippen molar-refractivity contribution in [1.82, 2.24) is 4.90 Å². The lowest BCUT2D eigenvalue weighted by Crippen LogP contribution is -2.27. The van der Waals surface area contributed by atoms with Crippen molar-refractivity contribution in [3.8, 4) is 0 Å². The lowest BCUT2D eigenvalue weighted by molar-refractivity contribution is 0.259. The molecule has 1 saturated carbocycles. The zero-order chi connectivity index (χ0) is 13.2. The van der Waals surface area contributed by atoms with E-state index in [1.54, 1.807) is 0 Å². The monoisotopic (exact) mass is 260 g/mol. The molecule has 1 saturated heterocycles. The van der Waals surface area contributed by atoms with Crippen LogP contribution >= 0.6 is 0 Å². The summed E-state index contributed by atoms with van der Waals surface area (Å²) < 4.78 is 0. The van der Waals surface area contributed by atoms with Gasteiger partial charge in [0.1, 0.15) is 0 Å². The number of nitrogens with one attached hydrogen (secondary N) is 2. The van der Waals surface area contributed by atoms with Gasteiger partial charge in [0.25, 0.3) is 0 Å². The smallest absolute Gasteiger partial charge is 0.316 e. The second kappa shape index (κ2) is 5.09. The zero-order valence-corrected chi connectivity index (χ0v) is 10.9. The number of hydrogen-bond donors (Lipinski definition) is 3. The van der Waals surface area contributed by atoms with E-state index >= 15 is 0 Å². The first-order chi connectivity index (χ1) is 9.20. The second-order valence-corrected chi connectivity index (χ2v) is 5.43. The topological polar surface area (TPSA) is 70.4 Å². The van der Waals surface area contributed by atoms with Crippen molar-refractivity contribution in [1.29, 1.82) is 0 Å². The molecule has 2 amide bonds. The summed E-state index contributed by atoms with van der Waals surface area (Å²) in [6, 6.07) is 8.51. The first-order valence-electron chi connectivity index (χ1n) is 6.88. The Morgan fingerprint density at radius 1 is 1.26 bits per heavy atom.